The zero-order valence-electron chi connectivity index (χ0n) is 11.5. The van der Waals surface area contributed by atoms with Crippen LogP contribution in [0, 0.1) is 0 Å². The SMILES string of the molecule is CCNC(=O)c1ccc(NCC2CCCN2C)nn1. The van der Waals surface area contributed by atoms with Crippen LogP contribution >= 0.6 is 0 Å². The summed E-state index contributed by atoms with van der Waals surface area (Å²) in [6, 6.07) is 4.05. The number of likely N-dealkylation sites (N-methyl/N-ethyl adjacent to an activating group) is 1. The first kappa shape index (κ1) is 13.7. The fourth-order valence-electron chi connectivity index (χ4n) is 2.26. The average molecular weight is 263 g/mol. The summed E-state index contributed by atoms with van der Waals surface area (Å²) in [7, 11) is 2.14. The van der Waals surface area contributed by atoms with Crippen LogP contribution in [0.2, 0.25) is 0 Å². The lowest BCUT2D eigenvalue weighted by Crippen LogP contribution is -2.31. The van der Waals surface area contributed by atoms with E-state index in [9.17, 15) is 4.79 Å². The molecule has 0 radical (unpaired) electrons. The molecule has 0 spiro atoms. The molecule has 1 unspecified atom stereocenters. The molecule has 2 N–H and O–H groups in total. The molecule has 19 heavy (non-hydrogen) atoms. The maximum Gasteiger partial charge on any atom is 0.271 e. The summed E-state index contributed by atoms with van der Waals surface area (Å²) < 4.78 is 0. The monoisotopic (exact) mass is 263 g/mol. The van der Waals surface area contributed by atoms with Gasteiger partial charge in [0.25, 0.3) is 5.91 Å². The van der Waals surface area contributed by atoms with E-state index in [0.717, 1.165) is 13.1 Å². The molecular formula is C13H21N5O. The summed E-state index contributed by atoms with van der Waals surface area (Å²) in [5.74, 6) is 0.533. The number of carbonyl (C=O) groups is 1. The van der Waals surface area contributed by atoms with Crippen LogP contribution in [0.1, 0.15) is 30.3 Å². The van der Waals surface area contributed by atoms with Crippen molar-refractivity contribution in [1.29, 1.82) is 0 Å². The third-order valence-corrected chi connectivity index (χ3v) is 3.42. The highest BCUT2D eigenvalue weighted by Crippen LogP contribution is 2.15. The van der Waals surface area contributed by atoms with Crippen molar-refractivity contribution in [2.45, 2.75) is 25.8 Å². The third-order valence-electron chi connectivity index (χ3n) is 3.42. The van der Waals surface area contributed by atoms with Gasteiger partial charge in [-0.25, -0.2) is 0 Å². The Hall–Kier alpha value is -1.69. The molecule has 1 fully saturated rings. The summed E-state index contributed by atoms with van der Waals surface area (Å²) in [4.78, 5) is 13.9. The van der Waals surface area contributed by atoms with Crippen molar-refractivity contribution in [3.63, 3.8) is 0 Å². The average Bonchev–Trinajstić information content (AvgIpc) is 2.83. The maximum absolute atomic E-state index is 11.5. The zero-order valence-corrected chi connectivity index (χ0v) is 11.5. The van der Waals surface area contributed by atoms with E-state index in [1.165, 1.54) is 12.8 Å². The fraction of sp³-hybridized carbons (Fsp3) is 0.615. The molecule has 1 saturated heterocycles. The predicted molar refractivity (Wildman–Crippen MR) is 74.2 cm³/mol. The van der Waals surface area contributed by atoms with Gasteiger partial charge >= 0.3 is 0 Å². The smallest absolute Gasteiger partial charge is 0.271 e. The Balaban J connectivity index is 1.86. The fourth-order valence-corrected chi connectivity index (χ4v) is 2.26. The van der Waals surface area contributed by atoms with Gasteiger partial charge in [0.15, 0.2) is 5.69 Å². The van der Waals surface area contributed by atoms with Crippen LogP contribution in [0.5, 0.6) is 0 Å². The van der Waals surface area contributed by atoms with Gasteiger partial charge in [0.1, 0.15) is 5.82 Å². The molecule has 1 aliphatic heterocycles. The van der Waals surface area contributed by atoms with Gasteiger partial charge in [-0.1, -0.05) is 0 Å². The van der Waals surface area contributed by atoms with Crippen LogP contribution in [-0.2, 0) is 0 Å². The van der Waals surface area contributed by atoms with E-state index in [4.69, 9.17) is 0 Å². The second-order valence-electron chi connectivity index (χ2n) is 4.82. The number of hydrogen-bond donors (Lipinski definition) is 2. The van der Waals surface area contributed by atoms with E-state index in [1.54, 1.807) is 12.1 Å². The minimum absolute atomic E-state index is 0.183. The first-order chi connectivity index (χ1) is 9.20. The lowest BCUT2D eigenvalue weighted by atomic mass is 10.2. The maximum atomic E-state index is 11.5. The van der Waals surface area contributed by atoms with Crippen LogP contribution < -0.4 is 10.6 Å². The molecule has 0 bridgehead atoms. The summed E-state index contributed by atoms with van der Waals surface area (Å²) in [5.41, 5.74) is 0.352. The molecule has 0 aliphatic carbocycles. The molecule has 6 heteroatoms. The van der Waals surface area contributed by atoms with Crippen molar-refractivity contribution >= 4 is 11.7 Å². The zero-order chi connectivity index (χ0) is 13.7. The summed E-state index contributed by atoms with van der Waals surface area (Å²) >= 11 is 0. The van der Waals surface area contributed by atoms with Crippen molar-refractivity contribution in [1.82, 2.24) is 20.4 Å². The number of anilines is 1. The van der Waals surface area contributed by atoms with Gasteiger partial charge in [-0.3, -0.25) is 4.79 Å². The minimum atomic E-state index is -0.183. The Kier molecular flexibility index (Phi) is 4.68. The van der Waals surface area contributed by atoms with E-state index in [1.807, 2.05) is 6.92 Å². The quantitative estimate of drug-likeness (QED) is 0.819. The van der Waals surface area contributed by atoms with Gasteiger partial charge in [-0.2, -0.15) is 0 Å². The van der Waals surface area contributed by atoms with Gasteiger partial charge in [-0.15, -0.1) is 10.2 Å². The molecule has 2 heterocycles. The number of amides is 1. The van der Waals surface area contributed by atoms with Gasteiger partial charge in [0.2, 0.25) is 0 Å². The van der Waals surface area contributed by atoms with Crippen LogP contribution in [0.15, 0.2) is 12.1 Å². The summed E-state index contributed by atoms with van der Waals surface area (Å²) in [5, 5.41) is 13.9. The lowest BCUT2D eigenvalue weighted by Gasteiger charge is -2.19. The second kappa shape index (κ2) is 6.47. The van der Waals surface area contributed by atoms with E-state index < -0.39 is 0 Å². The molecule has 2 rings (SSSR count). The summed E-state index contributed by atoms with van der Waals surface area (Å²) in [6.07, 6.45) is 2.47. The van der Waals surface area contributed by atoms with Crippen LogP contribution in [-0.4, -0.2) is 53.7 Å². The molecule has 104 valence electrons. The van der Waals surface area contributed by atoms with E-state index >= 15 is 0 Å². The highest BCUT2D eigenvalue weighted by Gasteiger charge is 2.20. The van der Waals surface area contributed by atoms with Gasteiger partial charge in [0, 0.05) is 19.1 Å². The molecule has 0 aromatic carbocycles. The lowest BCUT2D eigenvalue weighted by molar-refractivity contribution is 0.0950. The Morgan fingerprint density at radius 2 is 2.32 bits per heavy atom. The van der Waals surface area contributed by atoms with E-state index in [2.05, 4.69) is 32.8 Å². The Morgan fingerprint density at radius 1 is 1.47 bits per heavy atom. The van der Waals surface area contributed by atoms with Crippen molar-refractivity contribution in [3.8, 4) is 0 Å². The highest BCUT2D eigenvalue weighted by molar-refractivity contribution is 5.92. The molecule has 1 atom stereocenters. The molecule has 1 aromatic heterocycles. The third kappa shape index (κ3) is 3.64. The first-order valence-corrected chi connectivity index (χ1v) is 6.76. The van der Waals surface area contributed by atoms with Crippen LogP contribution in [0.4, 0.5) is 5.82 Å². The minimum Gasteiger partial charge on any atom is -0.367 e. The Morgan fingerprint density at radius 3 is 2.89 bits per heavy atom. The number of carbonyl (C=O) groups excluding carboxylic acids is 1. The van der Waals surface area contributed by atoms with Crippen molar-refractivity contribution in [2.24, 2.45) is 0 Å². The predicted octanol–water partition coefficient (Wildman–Crippen LogP) is 0.732. The van der Waals surface area contributed by atoms with Crippen molar-refractivity contribution in [3.05, 3.63) is 17.8 Å². The van der Waals surface area contributed by atoms with Gasteiger partial charge in [-0.05, 0) is 45.5 Å². The van der Waals surface area contributed by atoms with Crippen molar-refractivity contribution < 1.29 is 4.79 Å². The molecule has 6 nitrogen and oxygen atoms in total. The number of rotatable bonds is 5. The molecule has 1 aliphatic rings. The first-order valence-electron chi connectivity index (χ1n) is 6.76. The topological polar surface area (TPSA) is 70.2 Å². The number of nitrogens with one attached hydrogen (secondary N) is 2. The van der Waals surface area contributed by atoms with Gasteiger partial charge < -0.3 is 15.5 Å². The second-order valence-corrected chi connectivity index (χ2v) is 4.82. The largest absolute Gasteiger partial charge is 0.367 e. The molecular weight excluding hydrogens is 242 g/mol. The standard InChI is InChI=1S/C13H21N5O/c1-3-14-13(19)11-6-7-12(17-16-11)15-9-10-5-4-8-18(10)2/h6-7,10H,3-5,8-9H2,1-2H3,(H,14,19)(H,15,17). The Bertz CT molecular complexity index is 420. The van der Waals surface area contributed by atoms with E-state index in [0.29, 0.717) is 24.1 Å². The number of likely N-dealkylation sites (tertiary alicyclic amines) is 1. The number of aromatic nitrogens is 2. The molecule has 1 aromatic rings. The number of hydrogen-bond acceptors (Lipinski definition) is 5. The van der Waals surface area contributed by atoms with E-state index in [-0.39, 0.29) is 5.91 Å². The molecule has 0 saturated carbocycles. The van der Waals surface area contributed by atoms with Crippen LogP contribution in [0.3, 0.4) is 0 Å². The highest BCUT2D eigenvalue weighted by atomic mass is 16.1. The number of nitrogens with zero attached hydrogens (tertiary/aromatic N) is 3. The van der Waals surface area contributed by atoms with Crippen LogP contribution in [0.25, 0.3) is 0 Å². The summed E-state index contributed by atoms with van der Waals surface area (Å²) in [6.45, 7) is 4.49. The van der Waals surface area contributed by atoms with Crippen molar-refractivity contribution in [2.75, 3.05) is 32.0 Å². The normalized spacial score (nSPS) is 19.4. The van der Waals surface area contributed by atoms with Gasteiger partial charge in [0.05, 0.1) is 0 Å². The Labute approximate surface area is 113 Å². The molecule has 1 amide bonds.